The van der Waals surface area contributed by atoms with Gasteiger partial charge < -0.3 is 16.4 Å². The molecular formula is C13H22N4O. The van der Waals surface area contributed by atoms with Gasteiger partial charge in [0.1, 0.15) is 5.82 Å². The number of nitrogens with two attached hydrogens (primary N) is 2. The summed E-state index contributed by atoms with van der Waals surface area (Å²) in [6, 6.07) is 3.40. The molecule has 4 N–H and O–H groups in total. The van der Waals surface area contributed by atoms with E-state index in [4.69, 9.17) is 11.5 Å². The van der Waals surface area contributed by atoms with Crippen molar-refractivity contribution in [2.24, 2.45) is 16.9 Å². The molecule has 18 heavy (non-hydrogen) atoms. The van der Waals surface area contributed by atoms with Crippen LogP contribution < -0.4 is 16.4 Å². The number of carbonyl (C=O) groups excluding carboxylic acids is 1. The number of hydrogen-bond donors (Lipinski definition) is 2. The first kappa shape index (κ1) is 14.4. The van der Waals surface area contributed by atoms with Gasteiger partial charge in [-0.2, -0.15) is 0 Å². The SMILES string of the molecule is Cc1cc(C(N)=O)cc(N(C)CC(C)(C)CN)n1. The lowest BCUT2D eigenvalue weighted by atomic mass is 9.93. The Morgan fingerprint density at radius 2 is 2.06 bits per heavy atom. The lowest BCUT2D eigenvalue weighted by molar-refractivity contribution is 0.1000. The highest BCUT2D eigenvalue weighted by Crippen LogP contribution is 2.19. The van der Waals surface area contributed by atoms with Crippen LogP contribution in [0.3, 0.4) is 0 Å². The third kappa shape index (κ3) is 3.70. The van der Waals surface area contributed by atoms with E-state index >= 15 is 0 Å². The van der Waals surface area contributed by atoms with Gasteiger partial charge in [-0.25, -0.2) is 4.98 Å². The summed E-state index contributed by atoms with van der Waals surface area (Å²) in [4.78, 5) is 17.6. The molecule has 1 aromatic rings. The molecule has 0 aliphatic rings. The Morgan fingerprint density at radius 1 is 1.44 bits per heavy atom. The third-order valence-corrected chi connectivity index (χ3v) is 2.83. The maximum absolute atomic E-state index is 11.2. The largest absolute Gasteiger partial charge is 0.366 e. The zero-order valence-corrected chi connectivity index (χ0v) is 11.5. The Kier molecular flexibility index (Phi) is 4.29. The molecule has 1 rings (SSSR count). The maximum atomic E-state index is 11.2. The summed E-state index contributed by atoms with van der Waals surface area (Å²) in [7, 11) is 1.93. The predicted molar refractivity (Wildman–Crippen MR) is 73.6 cm³/mol. The number of carbonyl (C=O) groups is 1. The molecule has 0 fully saturated rings. The molecule has 0 saturated heterocycles. The molecule has 0 aromatic carbocycles. The van der Waals surface area contributed by atoms with Gasteiger partial charge in [-0.3, -0.25) is 4.79 Å². The van der Waals surface area contributed by atoms with Gasteiger partial charge in [-0.15, -0.1) is 0 Å². The first-order valence-electron chi connectivity index (χ1n) is 5.95. The average Bonchev–Trinajstić information content (AvgIpc) is 2.27. The van der Waals surface area contributed by atoms with Crippen LogP contribution in [-0.4, -0.2) is 31.0 Å². The summed E-state index contributed by atoms with van der Waals surface area (Å²) in [5.74, 6) is 0.304. The molecule has 5 heteroatoms. The topological polar surface area (TPSA) is 85.2 Å². The zero-order valence-electron chi connectivity index (χ0n) is 11.5. The van der Waals surface area contributed by atoms with E-state index in [-0.39, 0.29) is 5.41 Å². The van der Waals surface area contributed by atoms with E-state index < -0.39 is 5.91 Å². The minimum atomic E-state index is -0.437. The average molecular weight is 250 g/mol. The summed E-state index contributed by atoms with van der Waals surface area (Å²) in [5, 5.41) is 0. The summed E-state index contributed by atoms with van der Waals surface area (Å²) < 4.78 is 0. The molecule has 100 valence electrons. The van der Waals surface area contributed by atoms with E-state index in [2.05, 4.69) is 18.8 Å². The number of primary amides is 1. The van der Waals surface area contributed by atoms with E-state index in [0.717, 1.165) is 18.1 Å². The number of rotatable bonds is 5. The summed E-state index contributed by atoms with van der Waals surface area (Å²) in [6.45, 7) is 7.38. The van der Waals surface area contributed by atoms with Gasteiger partial charge in [0.15, 0.2) is 0 Å². The fraction of sp³-hybridized carbons (Fsp3) is 0.538. The molecule has 1 aromatic heterocycles. The Morgan fingerprint density at radius 3 is 2.56 bits per heavy atom. The van der Waals surface area contributed by atoms with Crippen molar-refractivity contribution in [2.45, 2.75) is 20.8 Å². The molecule has 0 atom stereocenters. The number of aromatic nitrogens is 1. The molecule has 0 spiro atoms. The van der Waals surface area contributed by atoms with Gasteiger partial charge in [0.2, 0.25) is 5.91 Å². The van der Waals surface area contributed by atoms with Gasteiger partial charge in [-0.1, -0.05) is 13.8 Å². The number of amides is 1. The first-order chi connectivity index (χ1) is 8.25. The number of hydrogen-bond acceptors (Lipinski definition) is 4. The van der Waals surface area contributed by atoms with Crippen LogP contribution in [0.2, 0.25) is 0 Å². The van der Waals surface area contributed by atoms with Crippen molar-refractivity contribution in [3.63, 3.8) is 0 Å². The highest BCUT2D eigenvalue weighted by Gasteiger charge is 2.19. The Hall–Kier alpha value is -1.62. The second-order valence-corrected chi connectivity index (χ2v) is 5.44. The first-order valence-corrected chi connectivity index (χ1v) is 5.95. The van der Waals surface area contributed by atoms with Gasteiger partial charge in [0.25, 0.3) is 0 Å². The van der Waals surface area contributed by atoms with Crippen molar-refractivity contribution in [2.75, 3.05) is 25.0 Å². The van der Waals surface area contributed by atoms with Crippen LogP contribution in [-0.2, 0) is 0 Å². The van der Waals surface area contributed by atoms with E-state index in [0.29, 0.717) is 12.1 Å². The molecule has 1 heterocycles. The zero-order chi connectivity index (χ0) is 13.9. The summed E-state index contributed by atoms with van der Waals surface area (Å²) in [6.07, 6.45) is 0. The normalized spacial score (nSPS) is 11.4. The molecule has 0 unspecified atom stereocenters. The minimum Gasteiger partial charge on any atom is -0.366 e. The third-order valence-electron chi connectivity index (χ3n) is 2.83. The highest BCUT2D eigenvalue weighted by molar-refractivity contribution is 5.93. The van der Waals surface area contributed by atoms with Crippen molar-refractivity contribution < 1.29 is 4.79 Å². The van der Waals surface area contributed by atoms with Crippen LogP contribution in [0.25, 0.3) is 0 Å². The van der Waals surface area contributed by atoms with Crippen molar-refractivity contribution in [3.05, 3.63) is 23.4 Å². The van der Waals surface area contributed by atoms with Crippen LogP contribution in [0.5, 0.6) is 0 Å². The second-order valence-electron chi connectivity index (χ2n) is 5.44. The lowest BCUT2D eigenvalue weighted by Crippen LogP contribution is -2.37. The lowest BCUT2D eigenvalue weighted by Gasteiger charge is -2.30. The van der Waals surface area contributed by atoms with E-state index in [1.54, 1.807) is 12.1 Å². The fourth-order valence-corrected chi connectivity index (χ4v) is 1.78. The van der Waals surface area contributed by atoms with E-state index in [1.165, 1.54) is 0 Å². The van der Waals surface area contributed by atoms with Crippen molar-refractivity contribution in [1.82, 2.24) is 4.98 Å². The molecule has 0 radical (unpaired) electrons. The van der Waals surface area contributed by atoms with Crippen LogP contribution in [0, 0.1) is 12.3 Å². The van der Waals surface area contributed by atoms with E-state index in [9.17, 15) is 4.79 Å². The Labute approximate surface area is 108 Å². The number of anilines is 1. The van der Waals surface area contributed by atoms with Crippen LogP contribution in [0.4, 0.5) is 5.82 Å². The van der Waals surface area contributed by atoms with Crippen molar-refractivity contribution >= 4 is 11.7 Å². The maximum Gasteiger partial charge on any atom is 0.248 e. The Bertz CT molecular complexity index is 443. The van der Waals surface area contributed by atoms with Crippen LogP contribution in [0.1, 0.15) is 29.9 Å². The molecule has 0 aliphatic heterocycles. The van der Waals surface area contributed by atoms with Crippen LogP contribution >= 0.6 is 0 Å². The molecule has 1 amide bonds. The minimum absolute atomic E-state index is 0.00688. The quantitative estimate of drug-likeness (QED) is 0.813. The molecule has 0 aliphatic carbocycles. The fourth-order valence-electron chi connectivity index (χ4n) is 1.78. The van der Waals surface area contributed by atoms with Gasteiger partial charge in [-0.05, 0) is 31.0 Å². The summed E-state index contributed by atoms with van der Waals surface area (Å²) >= 11 is 0. The molecular weight excluding hydrogens is 228 g/mol. The smallest absolute Gasteiger partial charge is 0.248 e. The Balaban J connectivity index is 2.99. The molecule has 0 bridgehead atoms. The highest BCUT2D eigenvalue weighted by atomic mass is 16.1. The monoisotopic (exact) mass is 250 g/mol. The number of aryl methyl sites for hydroxylation is 1. The molecule has 0 saturated carbocycles. The van der Waals surface area contributed by atoms with Crippen molar-refractivity contribution in [3.8, 4) is 0 Å². The number of nitrogens with zero attached hydrogens (tertiary/aromatic N) is 2. The number of pyridine rings is 1. The second kappa shape index (κ2) is 5.35. The van der Waals surface area contributed by atoms with Gasteiger partial charge >= 0.3 is 0 Å². The van der Waals surface area contributed by atoms with E-state index in [1.807, 2.05) is 18.9 Å². The summed E-state index contributed by atoms with van der Waals surface area (Å²) in [5.41, 5.74) is 12.3. The predicted octanol–water partition coefficient (Wildman–Crippen LogP) is 0.910. The van der Waals surface area contributed by atoms with Gasteiger partial charge in [0.05, 0.1) is 0 Å². The standard InChI is InChI=1S/C13H22N4O/c1-9-5-10(12(15)18)6-11(16-9)17(4)8-13(2,3)7-14/h5-6H,7-8,14H2,1-4H3,(H2,15,18). The van der Waals surface area contributed by atoms with Crippen LogP contribution in [0.15, 0.2) is 12.1 Å². The molecule has 5 nitrogen and oxygen atoms in total. The van der Waals surface area contributed by atoms with Gasteiger partial charge in [0, 0.05) is 24.8 Å². The van der Waals surface area contributed by atoms with Crippen molar-refractivity contribution in [1.29, 1.82) is 0 Å².